The number of hydrogen-bond donors (Lipinski definition) is 1. The highest BCUT2D eigenvalue weighted by Gasteiger charge is 2.19. The average Bonchev–Trinajstić information content (AvgIpc) is 3.45. The van der Waals surface area contributed by atoms with Gasteiger partial charge in [0.05, 0.1) is 29.8 Å². The zero-order chi connectivity index (χ0) is 29.6. The quantitative estimate of drug-likeness (QED) is 0.116. The maximum absolute atomic E-state index is 13.0. The van der Waals surface area contributed by atoms with Gasteiger partial charge in [-0.2, -0.15) is 5.10 Å². The van der Waals surface area contributed by atoms with Crippen molar-refractivity contribution in [3.8, 4) is 28.2 Å². The van der Waals surface area contributed by atoms with Crippen LogP contribution in [0, 0.1) is 0 Å². The second-order valence-corrected chi connectivity index (χ2v) is 9.93. The molecule has 0 aliphatic rings. The van der Waals surface area contributed by atoms with Crippen LogP contribution in [0.5, 0.6) is 0 Å². The molecule has 210 valence electrons. The van der Waals surface area contributed by atoms with Gasteiger partial charge in [-0.1, -0.05) is 91.0 Å². The largest absolute Gasteiger partial charge is 0.462 e. The molecular weight excluding hydrogens is 534 g/mol. The summed E-state index contributed by atoms with van der Waals surface area (Å²) in [7, 11) is 0. The maximum Gasteiger partial charge on any atom is 0.338 e. The number of fused-ring (bicyclic) bond motifs is 1. The number of hydrogen-bond acceptors (Lipinski definition) is 4. The molecule has 43 heavy (non-hydrogen) atoms. The summed E-state index contributed by atoms with van der Waals surface area (Å²) in [4.78, 5) is 25.3. The Hall–Kier alpha value is -5.75. The highest BCUT2D eigenvalue weighted by atomic mass is 16.5. The van der Waals surface area contributed by atoms with Crippen molar-refractivity contribution in [1.29, 1.82) is 0 Å². The maximum atomic E-state index is 13.0. The van der Waals surface area contributed by atoms with Crippen molar-refractivity contribution < 1.29 is 14.3 Å². The molecule has 0 saturated heterocycles. The van der Waals surface area contributed by atoms with Crippen LogP contribution in [-0.2, 0) is 4.74 Å². The number of rotatable bonds is 8. The minimum absolute atomic E-state index is 0.291. The van der Waals surface area contributed by atoms with Crippen LogP contribution < -0.4 is 5.43 Å². The lowest BCUT2D eigenvalue weighted by Gasteiger charge is -2.15. The third kappa shape index (κ3) is 5.85. The summed E-state index contributed by atoms with van der Waals surface area (Å²) < 4.78 is 7.33. The Morgan fingerprint density at radius 2 is 1.35 bits per heavy atom. The van der Waals surface area contributed by atoms with Crippen LogP contribution in [0.3, 0.4) is 0 Å². The van der Waals surface area contributed by atoms with Crippen LogP contribution in [0.25, 0.3) is 39.0 Å². The molecule has 0 fully saturated rings. The molecule has 0 bridgehead atoms. The Morgan fingerprint density at radius 3 is 2.05 bits per heavy atom. The van der Waals surface area contributed by atoms with E-state index in [0.29, 0.717) is 17.7 Å². The van der Waals surface area contributed by atoms with Gasteiger partial charge in [0, 0.05) is 16.8 Å². The summed E-state index contributed by atoms with van der Waals surface area (Å²) in [6, 6.07) is 43.0. The summed E-state index contributed by atoms with van der Waals surface area (Å²) in [6.07, 6.45) is 1.68. The second kappa shape index (κ2) is 12.4. The second-order valence-electron chi connectivity index (χ2n) is 9.93. The van der Waals surface area contributed by atoms with E-state index >= 15 is 0 Å². The number of carbonyl (C=O) groups is 2. The molecule has 1 aromatic heterocycles. The Kier molecular flexibility index (Phi) is 7.91. The molecule has 0 aliphatic heterocycles. The van der Waals surface area contributed by atoms with Crippen LogP contribution >= 0.6 is 0 Å². The highest BCUT2D eigenvalue weighted by Crippen LogP contribution is 2.35. The molecule has 0 unspecified atom stereocenters. The predicted octanol–water partition coefficient (Wildman–Crippen LogP) is 7.91. The van der Waals surface area contributed by atoms with Crippen LogP contribution in [0.4, 0.5) is 0 Å². The van der Waals surface area contributed by atoms with Gasteiger partial charge in [0.25, 0.3) is 5.91 Å². The Morgan fingerprint density at radius 1 is 0.721 bits per heavy atom. The van der Waals surface area contributed by atoms with E-state index in [-0.39, 0.29) is 11.9 Å². The zero-order valence-electron chi connectivity index (χ0n) is 23.6. The summed E-state index contributed by atoms with van der Waals surface area (Å²) >= 11 is 0. The molecule has 0 radical (unpaired) electrons. The van der Waals surface area contributed by atoms with Crippen molar-refractivity contribution in [3.05, 3.63) is 150 Å². The Bertz CT molecular complexity index is 1930. The fourth-order valence-electron chi connectivity index (χ4n) is 5.13. The van der Waals surface area contributed by atoms with Crippen molar-refractivity contribution in [2.45, 2.75) is 6.92 Å². The smallest absolute Gasteiger partial charge is 0.338 e. The molecule has 1 N–H and O–H groups in total. The van der Waals surface area contributed by atoms with Crippen LogP contribution in [0.15, 0.2) is 139 Å². The molecule has 0 atom stereocenters. The van der Waals surface area contributed by atoms with Crippen molar-refractivity contribution in [1.82, 2.24) is 9.99 Å². The van der Waals surface area contributed by atoms with E-state index in [1.165, 1.54) is 0 Å². The molecule has 1 heterocycles. The molecule has 0 saturated carbocycles. The van der Waals surface area contributed by atoms with Crippen molar-refractivity contribution in [3.63, 3.8) is 0 Å². The summed E-state index contributed by atoms with van der Waals surface area (Å²) in [6.45, 7) is 2.10. The molecular formula is C37H29N3O3. The van der Waals surface area contributed by atoms with Crippen molar-refractivity contribution in [2.75, 3.05) is 6.61 Å². The number of carbonyl (C=O) groups excluding carboxylic acids is 2. The van der Waals surface area contributed by atoms with E-state index in [4.69, 9.17) is 4.74 Å². The minimum atomic E-state index is -0.358. The fraction of sp³-hybridized carbons (Fsp3) is 0.0541. The van der Waals surface area contributed by atoms with Gasteiger partial charge < -0.3 is 9.30 Å². The normalized spacial score (nSPS) is 11.1. The number of benzene rings is 5. The van der Waals surface area contributed by atoms with Gasteiger partial charge in [-0.25, -0.2) is 10.2 Å². The highest BCUT2D eigenvalue weighted by molar-refractivity contribution is 6.00. The van der Waals surface area contributed by atoms with Crippen LogP contribution in [0.2, 0.25) is 0 Å². The van der Waals surface area contributed by atoms with E-state index in [1.54, 1.807) is 31.3 Å². The molecule has 6 heteroatoms. The first-order chi connectivity index (χ1) is 21.1. The number of nitrogens with zero attached hydrogens (tertiary/aromatic N) is 2. The summed E-state index contributed by atoms with van der Waals surface area (Å²) in [5, 5.41) is 6.44. The molecule has 6 nitrogen and oxygen atoms in total. The van der Waals surface area contributed by atoms with Crippen molar-refractivity contribution >= 4 is 28.9 Å². The van der Waals surface area contributed by atoms with Gasteiger partial charge in [0.2, 0.25) is 0 Å². The van der Waals surface area contributed by atoms with E-state index < -0.39 is 0 Å². The molecule has 0 spiro atoms. The first kappa shape index (κ1) is 27.4. The molecule has 6 rings (SSSR count). The number of amides is 1. The summed E-state index contributed by atoms with van der Waals surface area (Å²) in [5.74, 6) is -0.649. The van der Waals surface area contributed by atoms with Gasteiger partial charge in [0.1, 0.15) is 0 Å². The van der Waals surface area contributed by atoms with E-state index in [1.807, 2.05) is 97.1 Å². The van der Waals surface area contributed by atoms with Gasteiger partial charge in [-0.15, -0.1) is 0 Å². The lowest BCUT2D eigenvalue weighted by molar-refractivity contribution is 0.0526. The monoisotopic (exact) mass is 563 g/mol. The van der Waals surface area contributed by atoms with Gasteiger partial charge in [0.15, 0.2) is 0 Å². The van der Waals surface area contributed by atoms with E-state index in [2.05, 4.69) is 33.3 Å². The fourth-order valence-corrected chi connectivity index (χ4v) is 5.13. The SMILES string of the molecule is CCOC(=O)c1ccc(-n2c(-c3ccccc3)cc(/C=N/NC(=O)c3ccc4ccccc4c3)c2-c2ccccc2)cc1. The first-order valence-corrected chi connectivity index (χ1v) is 14.1. The third-order valence-corrected chi connectivity index (χ3v) is 7.16. The molecule has 5 aromatic carbocycles. The third-order valence-electron chi connectivity index (χ3n) is 7.16. The number of nitrogens with one attached hydrogen (secondary N) is 1. The number of esters is 1. The number of hydrazone groups is 1. The van der Waals surface area contributed by atoms with Crippen LogP contribution in [-0.4, -0.2) is 29.3 Å². The topological polar surface area (TPSA) is 72.7 Å². The molecule has 6 aromatic rings. The number of aromatic nitrogens is 1. The van der Waals surface area contributed by atoms with E-state index in [0.717, 1.165) is 44.5 Å². The zero-order valence-corrected chi connectivity index (χ0v) is 23.6. The number of ether oxygens (including phenoxy) is 1. The van der Waals surface area contributed by atoms with Gasteiger partial charge in [-0.3, -0.25) is 4.79 Å². The van der Waals surface area contributed by atoms with Gasteiger partial charge >= 0.3 is 5.97 Å². The molecule has 1 amide bonds. The van der Waals surface area contributed by atoms with E-state index in [9.17, 15) is 9.59 Å². The predicted molar refractivity (Wildman–Crippen MR) is 172 cm³/mol. The Labute approximate surface area is 249 Å². The van der Waals surface area contributed by atoms with Crippen LogP contribution in [0.1, 0.15) is 33.2 Å². The first-order valence-electron chi connectivity index (χ1n) is 14.1. The lowest BCUT2D eigenvalue weighted by atomic mass is 10.1. The summed E-state index contributed by atoms with van der Waals surface area (Å²) in [5.41, 5.74) is 9.21. The van der Waals surface area contributed by atoms with Crippen molar-refractivity contribution in [2.24, 2.45) is 5.10 Å². The standard InChI is InChI=1S/C37H29N3O3/c1-2-43-37(42)29-19-21-33(22-20-29)40-34(27-12-5-3-6-13-27)24-32(35(40)28-14-7-4-8-15-28)25-38-39-36(41)31-18-17-26-11-9-10-16-30(26)23-31/h3-25H,2H2,1H3,(H,39,41)/b38-25+. The minimum Gasteiger partial charge on any atom is -0.462 e. The lowest BCUT2D eigenvalue weighted by Crippen LogP contribution is -2.17. The van der Waals surface area contributed by atoms with Gasteiger partial charge in [-0.05, 0) is 71.3 Å². The Balaban J connectivity index is 1.42. The average molecular weight is 564 g/mol. The molecule has 0 aliphatic carbocycles.